The molecule has 0 aliphatic rings. The zero-order valence-corrected chi connectivity index (χ0v) is 10.7. The van der Waals surface area contributed by atoms with Crippen LogP contribution in [-0.2, 0) is 4.74 Å². The Morgan fingerprint density at radius 2 is 1.94 bits per heavy atom. The molecule has 1 rings (SSSR count). The van der Waals surface area contributed by atoms with Gasteiger partial charge in [-0.2, -0.15) is 0 Å². The highest BCUT2D eigenvalue weighted by Gasteiger charge is 2.09. The number of rotatable bonds is 7. The van der Waals surface area contributed by atoms with Crippen molar-refractivity contribution < 1.29 is 9.84 Å². The van der Waals surface area contributed by atoms with Crippen molar-refractivity contribution in [2.45, 2.75) is 32.8 Å². The number of anilines is 1. The summed E-state index contributed by atoms with van der Waals surface area (Å²) in [6, 6.07) is 7.29. The van der Waals surface area contributed by atoms with Crippen LogP contribution in [-0.4, -0.2) is 18.3 Å². The summed E-state index contributed by atoms with van der Waals surface area (Å²) in [5, 5.41) is 9.92. The van der Waals surface area contributed by atoms with Gasteiger partial charge in [-0.15, -0.1) is 0 Å². The molecule has 0 amide bonds. The fourth-order valence-corrected chi connectivity index (χ4v) is 1.73. The average molecular weight is 237 g/mol. The third-order valence-electron chi connectivity index (χ3n) is 3.08. The van der Waals surface area contributed by atoms with Crippen molar-refractivity contribution >= 4 is 5.69 Å². The normalized spacial score (nSPS) is 12.9. The molecule has 17 heavy (non-hydrogen) atoms. The molecule has 1 atom stereocenters. The Morgan fingerprint density at radius 1 is 1.24 bits per heavy atom. The van der Waals surface area contributed by atoms with Crippen LogP contribution in [0.4, 0.5) is 5.69 Å². The summed E-state index contributed by atoms with van der Waals surface area (Å²) < 4.78 is 5.54. The highest BCUT2D eigenvalue weighted by molar-refractivity contribution is 5.41. The number of aliphatic hydroxyl groups excluding tert-OH is 1. The van der Waals surface area contributed by atoms with E-state index in [1.54, 1.807) is 12.1 Å². The van der Waals surface area contributed by atoms with Crippen LogP contribution in [0.2, 0.25) is 0 Å². The molecule has 0 heterocycles. The lowest BCUT2D eigenvalue weighted by atomic mass is 10.1. The summed E-state index contributed by atoms with van der Waals surface area (Å²) in [6.45, 7) is 5.37. The second kappa shape index (κ2) is 7.30. The highest BCUT2D eigenvalue weighted by Crippen LogP contribution is 2.17. The maximum Gasteiger partial charge on any atom is 0.102 e. The molecule has 3 heteroatoms. The molecule has 3 nitrogen and oxygen atoms in total. The van der Waals surface area contributed by atoms with E-state index in [0.717, 1.165) is 18.4 Å². The summed E-state index contributed by atoms with van der Waals surface area (Å²) in [5.74, 6) is 0.586. The topological polar surface area (TPSA) is 55.5 Å². The Labute approximate surface area is 104 Å². The van der Waals surface area contributed by atoms with Gasteiger partial charge in [0.15, 0.2) is 0 Å². The Hall–Kier alpha value is -1.06. The number of ether oxygens (including phenoxy) is 1. The van der Waals surface area contributed by atoms with Crippen LogP contribution >= 0.6 is 0 Å². The zero-order chi connectivity index (χ0) is 12.7. The van der Waals surface area contributed by atoms with Crippen LogP contribution in [0, 0.1) is 5.92 Å². The first-order chi connectivity index (χ1) is 8.17. The van der Waals surface area contributed by atoms with Crippen LogP contribution in [0.25, 0.3) is 0 Å². The van der Waals surface area contributed by atoms with Crippen molar-refractivity contribution in [2.24, 2.45) is 5.92 Å². The lowest BCUT2D eigenvalue weighted by Crippen LogP contribution is -2.13. The number of nitrogens with two attached hydrogens (primary N) is 1. The molecule has 0 aliphatic heterocycles. The van der Waals surface area contributed by atoms with Crippen molar-refractivity contribution in [1.82, 2.24) is 0 Å². The number of nitrogen functional groups attached to an aromatic ring is 1. The number of benzene rings is 1. The van der Waals surface area contributed by atoms with Crippen molar-refractivity contribution in [1.29, 1.82) is 0 Å². The van der Waals surface area contributed by atoms with Crippen LogP contribution in [0.1, 0.15) is 38.4 Å². The van der Waals surface area contributed by atoms with Gasteiger partial charge in [-0.3, -0.25) is 0 Å². The first kappa shape index (κ1) is 14.0. The lowest BCUT2D eigenvalue weighted by molar-refractivity contribution is 0.0191. The lowest BCUT2D eigenvalue weighted by Gasteiger charge is -2.16. The molecule has 0 aromatic heterocycles. The summed E-state index contributed by atoms with van der Waals surface area (Å²) in [5.41, 5.74) is 7.15. The third-order valence-corrected chi connectivity index (χ3v) is 3.08. The Kier molecular flexibility index (Phi) is 6.01. The van der Waals surface area contributed by atoms with Gasteiger partial charge in [-0.25, -0.2) is 0 Å². The SMILES string of the molecule is CCC(CC)COCC(O)c1cccc(N)c1. The van der Waals surface area contributed by atoms with E-state index in [0.29, 0.717) is 24.8 Å². The van der Waals surface area contributed by atoms with E-state index in [1.165, 1.54) is 0 Å². The van der Waals surface area contributed by atoms with Gasteiger partial charge in [-0.05, 0) is 23.6 Å². The predicted molar refractivity (Wildman–Crippen MR) is 70.7 cm³/mol. The first-order valence-corrected chi connectivity index (χ1v) is 6.28. The largest absolute Gasteiger partial charge is 0.399 e. The van der Waals surface area contributed by atoms with E-state index in [4.69, 9.17) is 10.5 Å². The summed E-state index contributed by atoms with van der Waals surface area (Å²) in [7, 11) is 0. The minimum absolute atomic E-state index is 0.333. The number of hydrogen-bond acceptors (Lipinski definition) is 3. The van der Waals surface area contributed by atoms with E-state index in [-0.39, 0.29) is 0 Å². The molecule has 0 saturated carbocycles. The van der Waals surface area contributed by atoms with Gasteiger partial charge < -0.3 is 15.6 Å². The van der Waals surface area contributed by atoms with E-state index < -0.39 is 6.10 Å². The van der Waals surface area contributed by atoms with E-state index in [2.05, 4.69) is 13.8 Å². The van der Waals surface area contributed by atoms with E-state index >= 15 is 0 Å². The van der Waals surface area contributed by atoms with Gasteiger partial charge >= 0.3 is 0 Å². The predicted octanol–water partition coefficient (Wildman–Crippen LogP) is 2.75. The van der Waals surface area contributed by atoms with E-state index in [1.807, 2.05) is 12.1 Å². The van der Waals surface area contributed by atoms with Gasteiger partial charge in [0.05, 0.1) is 6.61 Å². The molecule has 96 valence electrons. The van der Waals surface area contributed by atoms with Crippen molar-refractivity contribution in [3.8, 4) is 0 Å². The zero-order valence-electron chi connectivity index (χ0n) is 10.7. The summed E-state index contributed by atoms with van der Waals surface area (Å²) >= 11 is 0. The van der Waals surface area contributed by atoms with Gasteiger partial charge in [0, 0.05) is 12.3 Å². The molecule has 1 aromatic carbocycles. The fraction of sp³-hybridized carbons (Fsp3) is 0.571. The standard InChI is InChI=1S/C14H23NO2/c1-3-11(4-2)9-17-10-14(16)12-6-5-7-13(15)8-12/h5-8,11,14,16H,3-4,9-10,15H2,1-2H3. The van der Waals surface area contributed by atoms with Gasteiger partial charge in [0.2, 0.25) is 0 Å². The molecule has 1 aromatic rings. The monoisotopic (exact) mass is 237 g/mol. The minimum Gasteiger partial charge on any atom is -0.399 e. The fourth-order valence-electron chi connectivity index (χ4n) is 1.73. The van der Waals surface area contributed by atoms with Crippen LogP contribution in [0.5, 0.6) is 0 Å². The van der Waals surface area contributed by atoms with Crippen LogP contribution < -0.4 is 5.73 Å². The molecule has 3 N–H and O–H groups in total. The van der Waals surface area contributed by atoms with Crippen molar-refractivity contribution in [2.75, 3.05) is 18.9 Å². The second-order valence-electron chi connectivity index (χ2n) is 4.41. The van der Waals surface area contributed by atoms with Gasteiger partial charge in [0.25, 0.3) is 0 Å². The summed E-state index contributed by atoms with van der Waals surface area (Å²) in [4.78, 5) is 0. The molecule has 0 radical (unpaired) electrons. The molecular formula is C14H23NO2. The first-order valence-electron chi connectivity index (χ1n) is 6.28. The smallest absolute Gasteiger partial charge is 0.102 e. The number of aliphatic hydroxyl groups is 1. The maximum absolute atomic E-state index is 9.92. The molecule has 0 aliphatic carbocycles. The minimum atomic E-state index is -0.590. The molecule has 1 unspecified atom stereocenters. The molecule has 0 spiro atoms. The Bertz CT molecular complexity index is 324. The van der Waals surface area contributed by atoms with Crippen LogP contribution in [0.3, 0.4) is 0 Å². The number of hydrogen-bond donors (Lipinski definition) is 2. The van der Waals surface area contributed by atoms with Crippen molar-refractivity contribution in [3.05, 3.63) is 29.8 Å². The van der Waals surface area contributed by atoms with Crippen LogP contribution in [0.15, 0.2) is 24.3 Å². The second-order valence-corrected chi connectivity index (χ2v) is 4.41. The average Bonchev–Trinajstić information content (AvgIpc) is 2.34. The Balaban J connectivity index is 2.37. The third kappa shape index (κ3) is 4.75. The molecule has 0 fully saturated rings. The quantitative estimate of drug-likeness (QED) is 0.717. The maximum atomic E-state index is 9.92. The van der Waals surface area contributed by atoms with Gasteiger partial charge in [0.1, 0.15) is 6.10 Å². The highest BCUT2D eigenvalue weighted by atomic mass is 16.5. The van der Waals surface area contributed by atoms with Gasteiger partial charge in [-0.1, -0.05) is 38.8 Å². The molecular weight excluding hydrogens is 214 g/mol. The van der Waals surface area contributed by atoms with E-state index in [9.17, 15) is 5.11 Å². The van der Waals surface area contributed by atoms with Crippen molar-refractivity contribution in [3.63, 3.8) is 0 Å². The molecule has 0 saturated heterocycles. The molecule has 0 bridgehead atoms. The Morgan fingerprint density at radius 3 is 2.53 bits per heavy atom. The summed E-state index contributed by atoms with van der Waals surface area (Å²) in [6.07, 6.45) is 1.64.